The topological polar surface area (TPSA) is 26.3 Å². The summed E-state index contributed by atoms with van der Waals surface area (Å²) in [6, 6.07) is 0. The van der Waals surface area contributed by atoms with Crippen LogP contribution in [-0.4, -0.2) is 30.6 Å². The summed E-state index contributed by atoms with van der Waals surface area (Å²) < 4.78 is 6.08. The van der Waals surface area contributed by atoms with E-state index in [1.165, 1.54) is 0 Å². The van der Waals surface area contributed by atoms with Crippen LogP contribution in [0, 0.1) is 0 Å². The van der Waals surface area contributed by atoms with Gasteiger partial charge in [0.05, 0.1) is 0 Å². The molecule has 0 saturated carbocycles. The van der Waals surface area contributed by atoms with E-state index >= 15 is 0 Å². The monoisotopic (exact) mass is 262 g/mol. The first-order valence-electron chi connectivity index (χ1n) is 7.18. The Labute approximate surface area is 108 Å². The molecule has 0 aromatic heterocycles. The van der Waals surface area contributed by atoms with Crippen LogP contribution in [0.4, 0.5) is 0 Å². The minimum absolute atomic E-state index is 0.0635. The van der Waals surface area contributed by atoms with Crippen LogP contribution in [-0.2, 0) is 9.32 Å². The van der Waals surface area contributed by atoms with Gasteiger partial charge in [-0.25, -0.2) is 0 Å². The van der Waals surface area contributed by atoms with Crippen LogP contribution in [0.25, 0.3) is 0 Å². The summed E-state index contributed by atoms with van der Waals surface area (Å²) in [5.41, 5.74) is 0. The van der Waals surface area contributed by atoms with Crippen molar-refractivity contribution in [3.8, 4) is 0 Å². The molecule has 0 amide bonds. The maximum absolute atomic E-state index is 11.6. The van der Waals surface area contributed by atoms with Crippen molar-refractivity contribution in [2.24, 2.45) is 0 Å². The summed E-state index contributed by atoms with van der Waals surface area (Å²) in [5.74, 6) is -0.0635. The zero-order chi connectivity index (χ0) is 13.4. The number of carbonyl (C=O) groups excluding carboxylic acids is 1. The normalized spacial score (nSPS) is 14.1. The number of rotatable bonds is 9. The predicted molar refractivity (Wildman–Crippen MR) is 79.3 cm³/mol. The first-order chi connectivity index (χ1) is 7.97. The molecular formula is C14H31O2P. The molecule has 104 valence electrons. The Balaban J connectivity index is 5.33. The van der Waals surface area contributed by atoms with E-state index in [0.29, 0.717) is 0 Å². The minimum atomic E-state index is -2.24. The van der Waals surface area contributed by atoms with E-state index in [9.17, 15) is 4.79 Å². The number of carbonyl (C=O) groups is 1. The van der Waals surface area contributed by atoms with Gasteiger partial charge < -0.3 is 0 Å². The second-order valence-corrected chi connectivity index (χ2v) is 11.0. The van der Waals surface area contributed by atoms with Crippen molar-refractivity contribution in [1.82, 2.24) is 0 Å². The van der Waals surface area contributed by atoms with Crippen LogP contribution < -0.4 is 0 Å². The molecule has 0 heterocycles. The van der Waals surface area contributed by atoms with Crippen LogP contribution in [0.3, 0.4) is 0 Å². The van der Waals surface area contributed by atoms with E-state index in [0.717, 1.165) is 50.3 Å². The first-order valence-corrected chi connectivity index (χ1v) is 10.1. The summed E-state index contributed by atoms with van der Waals surface area (Å²) in [7, 11) is 0. The molecule has 0 aliphatic heterocycles. The summed E-state index contributed by atoms with van der Waals surface area (Å²) in [5, 5.41) is 0. The van der Waals surface area contributed by atoms with Crippen molar-refractivity contribution >= 4 is 12.8 Å². The molecule has 0 saturated heterocycles. The molecule has 0 fully saturated rings. The molecule has 0 aliphatic rings. The third-order valence-corrected chi connectivity index (χ3v) is 10.6. The fourth-order valence-electron chi connectivity index (χ4n) is 3.48. The summed E-state index contributed by atoms with van der Waals surface area (Å²) in [4.78, 5) is 11.6. The molecular weight excluding hydrogens is 231 g/mol. The van der Waals surface area contributed by atoms with Gasteiger partial charge in [0.15, 0.2) is 0 Å². The van der Waals surface area contributed by atoms with Crippen LogP contribution in [0.2, 0.25) is 0 Å². The van der Waals surface area contributed by atoms with Crippen LogP contribution in [0.15, 0.2) is 0 Å². The van der Waals surface area contributed by atoms with Gasteiger partial charge >= 0.3 is 107 Å². The fourth-order valence-corrected chi connectivity index (χ4v) is 10.4. The molecule has 0 aliphatic carbocycles. The van der Waals surface area contributed by atoms with E-state index in [1.807, 2.05) is 0 Å². The van der Waals surface area contributed by atoms with Gasteiger partial charge in [0.2, 0.25) is 0 Å². The van der Waals surface area contributed by atoms with Crippen LogP contribution >= 0.6 is 6.83 Å². The average Bonchev–Trinajstić information content (AvgIpc) is 2.17. The van der Waals surface area contributed by atoms with Crippen LogP contribution in [0.5, 0.6) is 0 Å². The van der Waals surface area contributed by atoms with Gasteiger partial charge in [-0.1, -0.05) is 0 Å². The van der Waals surface area contributed by atoms with Gasteiger partial charge in [0, 0.05) is 0 Å². The Morgan fingerprint density at radius 1 is 0.824 bits per heavy atom. The van der Waals surface area contributed by atoms with E-state index in [2.05, 4.69) is 27.7 Å². The Kier molecular flexibility index (Phi) is 7.32. The Bertz CT molecular complexity index is 203. The summed E-state index contributed by atoms with van der Waals surface area (Å²) in [6.45, 7) is 8.20. The average molecular weight is 262 g/mol. The molecule has 3 heteroatoms. The van der Waals surface area contributed by atoms with E-state index in [-0.39, 0.29) is 5.97 Å². The number of hydrogen-bond acceptors (Lipinski definition) is 2. The van der Waals surface area contributed by atoms with Gasteiger partial charge in [-0.05, 0) is 0 Å². The standard InChI is InChI=1S/C14H31O2P/c1-6-10-17(11-7-2,12-8-3,13-9-4)16-14(5)15/h6-13H2,1-5H3. The van der Waals surface area contributed by atoms with Crippen molar-refractivity contribution < 1.29 is 9.32 Å². The van der Waals surface area contributed by atoms with Gasteiger partial charge in [-0.15, -0.1) is 0 Å². The molecule has 0 aromatic carbocycles. The second kappa shape index (κ2) is 7.36. The molecule has 0 spiro atoms. The third kappa shape index (κ3) is 4.58. The van der Waals surface area contributed by atoms with Gasteiger partial charge in [-0.2, -0.15) is 0 Å². The quantitative estimate of drug-likeness (QED) is 0.565. The van der Waals surface area contributed by atoms with Gasteiger partial charge in [-0.3, -0.25) is 0 Å². The molecule has 0 unspecified atom stereocenters. The first kappa shape index (κ1) is 16.9. The van der Waals surface area contributed by atoms with Crippen molar-refractivity contribution in [1.29, 1.82) is 0 Å². The van der Waals surface area contributed by atoms with Gasteiger partial charge in [0.25, 0.3) is 0 Å². The van der Waals surface area contributed by atoms with E-state index in [4.69, 9.17) is 4.52 Å². The molecule has 0 N–H and O–H groups in total. The van der Waals surface area contributed by atoms with Crippen molar-refractivity contribution in [3.05, 3.63) is 0 Å². The molecule has 2 nitrogen and oxygen atoms in total. The van der Waals surface area contributed by atoms with E-state index in [1.54, 1.807) is 6.92 Å². The third-order valence-electron chi connectivity index (χ3n) is 3.54. The second-order valence-electron chi connectivity index (χ2n) is 5.34. The Hall–Kier alpha value is -0.100. The summed E-state index contributed by atoms with van der Waals surface area (Å²) in [6.07, 6.45) is 9.02. The maximum atomic E-state index is 11.6. The molecule has 0 aromatic rings. The Morgan fingerprint density at radius 2 is 1.12 bits per heavy atom. The predicted octanol–water partition coefficient (Wildman–Crippen LogP) is 4.66. The Morgan fingerprint density at radius 3 is 1.29 bits per heavy atom. The van der Waals surface area contributed by atoms with Gasteiger partial charge in [0.1, 0.15) is 0 Å². The van der Waals surface area contributed by atoms with Crippen LogP contribution in [0.1, 0.15) is 60.3 Å². The van der Waals surface area contributed by atoms with Crippen molar-refractivity contribution in [3.63, 3.8) is 0 Å². The zero-order valence-electron chi connectivity index (χ0n) is 12.4. The molecule has 17 heavy (non-hydrogen) atoms. The van der Waals surface area contributed by atoms with Crippen molar-refractivity contribution in [2.45, 2.75) is 60.3 Å². The number of hydrogen-bond donors (Lipinski definition) is 0. The SMILES string of the molecule is CCCP(CCC)(CCC)(CCC)OC(C)=O. The molecule has 0 bridgehead atoms. The van der Waals surface area contributed by atoms with Crippen molar-refractivity contribution in [2.75, 3.05) is 24.6 Å². The molecule has 0 radical (unpaired) electrons. The summed E-state index contributed by atoms with van der Waals surface area (Å²) >= 11 is 0. The molecule has 0 rings (SSSR count). The fraction of sp³-hybridized carbons (Fsp3) is 0.929. The zero-order valence-corrected chi connectivity index (χ0v) is 13.3. The van der Waals surface area contributed by atoms with E-state index < -0.39 is 6.83 Å². The molecule has 0 atom stereocenters.